The molecule has 0 fully saturated rings. The minimum Gasteiger partial charge on any atom is -0.444 e. The molecule has 0 unspecified atom stereocenters. The number of aryl methyl sites for hydroxylation is 3. The van der Waals surface area contributed by atoms with Gasteiger partial charge in [-0.2, -0.15) is 0 Å². The summed E-state index contributed by atoms with van der Waals surface area (Å²) in [7, 11) is 0. The van der Waals surface area contributed by atoms with E-state index in [2.05, 4.69) is 26.4 Å². The molecule has 6 nitrogen and oxygen atoms in total. The standard InChI is InChI=1S/C15H19N5O/c1-5-11-6-17-12(21-11)7-20-9(3)8(2)13-14(16)18-10(4)19-15(13)20/h6H,5,7H2,1-4H3,(H2,16,18,19). The van der Waals surface area contributed by atoms with Gasteiger partial charge in [0.25, 0.3) is 0 Å². The number of oxazole rings is 1. The van der Waals surface area contributed by atoms with E-state index in [0.29, 0.717) is 24.1 Å². The molecule has 2 N–H and O–H groups in total. The molecule has 110 valence electrons. The molecule has 0 saturated carbocycles. The molecule has 0 radical (unpaired) electrons. The van der Waals surface area contributed by atoms with E-state index >= 15 is 0 Å². The van der Waals surface area contributed by atoms with Gasteiger partial charge in [0.05, 0.1) is 11.6 Å². The van der Waals surface area contributed by atoms with Crippen LogP contribution in [0.25, 0.3) is 11.0 Å². The van der Waals surface area contributed by atoms with Crippen molar-refractivity contribution in [3.8, 4) is 0 Å². The topological polar surface area (TPSA) is 82.8 Å². The number of hydrogen-bond donors (Lipinski definition) is 1. The fourth-order valence-corrected chi connectivity index (χ4v) is 2.59. The lowest BCUT2D eigenvalue weighted by molar-refractivity contribution is 0.446. The summed E-state index contributed by atoms with van der Waals surface area (Å²) in [5, 5.41) is 0.917. The highest BCUT2D eigenvalue weighted by molar-refractivity contribution is 5.91. The molecule has 0 atom stereocenters. The van der Waals surface area contributed by atoms with Crippen LogP contribution < -0.4 is 5.73 Å². The molecule has 0 saturated heterocycles. The van der Waals surface area contributed by atoms with Crippen molar-refractivity contribution in [1.29, 1.82) is 0 Å². The number of nitrogen functional groups attached to an aromatic ring is 1. The summed E-state index contributed by atoms with van der Waals surface area (Å²) in [5.41, 5.74) is 9.10. The van der Waals surface area contributed by atoms with Gasteiger partial charge in [0.15, 0.2) is 0 Å². The quantitative estimate of drug-likeness (QED) is 0.799. The summed E-state index contributed by atoms with van der Waals surface area (Å²) in [6.07, 6.45) is 2.61. The molecule has 0 aliphatic heterocycles. The van der Waals surface area contributed by atoms with Crippen molar-refractivity contribution < 1.29 is 4.42 Å². The Hall–Kier alpha value is -2.37. The summed E-state index contributed by atoms with van der Waals surface area (Å²) < 4.78 is 7.79. The van der Waals surface area contributed by atoms with Crippen LogP contribution >= 0.6 is 0 Å². The zero-order valence-corrected chi connectivity index (χ0v) is 12.8. The summed E-state index contributed by atoms with van der Waals surface area (Å²) >= 11 is 0. The van der Waals surface area contributed by atoms with Gasteiger partial charge in [-0.05, 0) is 26.3 Å². The Morgan fingerprint density at radius 2 is 2.00 bits per heavy atom. The number of fused-ring (bicyclic) bond motifs is 1. The van der Waals surface area contributed by atoms with E-state index in [1.807, 2.05) is 20.8 Å². The predicted octanol–water partition coefficient (Wildman–Crippen LogP) is 2.54. The fraction of sp³-hybridized carbons (Fsp3) is 0.400. The molecular formula is C15H19N5O. The van der Waals surface area contributed by atoms with Gasteiger partial charge < -0.3 is 14.7 Å². The van der Waals surface area contributed by atoms with Crippen LogP contribution in [0.15, 0.2) is 10.6 Å². The van der Waals surface area contributed by atoms with Gasteiger partial charge in [-0.3, -0.25) is 0 Å². The third-order valence-corrected chi connectivity index (χ3v) is 3.85. The highest BCUT2D eigenvalue weighted by atomic mass is 16.4. The predicted molar refractivity (Wildman–Crippen MR) is 81.1 cm³/mol. The van der Waals surface area contributed by atoms with E-state index in [9.17, 15) is 0 Å². The van der Waals surface area contributed by atoms with Crippen molar-refractivity contribution in [3.05, 3.63) is 34.9 Å². The molecule has 3 aromatic heterocycles. The van der Waals surface area contributed by atoms with Crippen LogP contribution in [0.3, 0.4) is 0 Å². The summed E-state index contributed by atoms with van der Waals surface area (Å²) in [5.74, 6) is 2.77. The number of rotatable bonds is 3. The highest BCUT2D eigenvalue weighted by Gasteiger charge is 2.17. The van der Waals surface area contributed by atoms with Crippen molar-refractivity contribution in [3.63, 3.8) is 0 Å². The molecule has 3 aromatic rings. The molecule has 0 amide bonds. The van der Waals surface area contributed by atoms with Crippen LogP contribution in [0.1, 0.15) is 35.7 Å². The van der Waals surface area contributed by atoms with Gasteiger partial charge in [0.1, 0.15) is 29.6 Å². The average Bonchev–Trinajstić information content (AvgIpc) is 2.98. The Labute approximate surface area is 123 Å². The lowest BCUT2D eigenvalue weighted by atomic mass is 10.2. The molecular weight excluding hydrogens is 266 g/mol. The number of nitrogens with two attached hydrogens (primary N) is 1. The van der Waals surface area contributed by atoms with Crippen LogP contribution in [0.4, 0.5) is 5.82 Å². The summed E-state index contributed by atoms with van der Waals surface area (Å²) in [6, 6.07) is 0. The molecule has 0 aliphatic rings. The molecule has 3 heterocycles. The lowest BCUT2D eigenvalue weighted by Gasteiger charge is -2.05. The van der Waals surface area contributed by atoms with Crippen molar-refractivity contribution in [1.82, 2.24) is 19.5 Å². The minimum atomic E-state index is 0.526. The van der Waals surface area contributed by atoms with Crippen molar-refractivity contribution in [2.45, 2.75) is 40.7 Å². The zero-order chi connectivity index (χ0) is 15.1. The SMILES string of the molecule is CCc1cnc(Cn2c(C)c(C)c3c(N)nc(C)nc32)o1. The van der Waals surface area contributed by atoms with Crippen LogP contribution in [0, 0.1) is 20.8 Å². The smallest absolute Gasteiger partial charge is 0.214 e. The van der Waals surface area contributed by atoms with Crippen LogP contribution in [0.2, 0.25) is 0 Å². The minimum absolute atomic E-state index is 0.526. The highest BCUT2D eigenvalue weighted by Crippen LogP contribution is 2.28. The maximum absolute atomic E-state index is 6.06. The normalized spacial score (nSPS) is 11.4. The second-order valence-corrected chi connectivity index (χ2v) is 5.23. The molecule has 0 aromatic carbocycles. The molecule has 6 heteroatoms. The van der Waals surface area contributed by atoms with Gasteiger partial charge in [0, 0.05) is 12.1 Å². The molecule has 3 rings (SSSR count). The third kappa shape index (κ3) is 2.16. The van der Waals surface area contributed by atoms with E-state index in [4.69, 9.17) is 10.2 Å². The Kier molecular flexibility index (Phi) is 3.16. The first-order valence-corrected chi connectivity index (χ1v) is 7.04. The van der Waals surface area contributed by atoms with Gasteiger partial charge in [-0.25, -0.2) is 15.0 Å². The van der Waals surface area contributed by atoms with Crippen LogP contribution in [-0.4, -0.2) is 19.5 Å². The third-order valence-electron chi connectivity index (χ3n) is 3.85. The van der Waals surface area contributed by atoms with E-state index < -0.39 is 0 Å². The average molecular weight is 285 g/mol. The zero-order valence-electron chi connectivity index (χ0n) is 12.8. The van der Waals surface area contributed by atoms with Gasteiger partial charge in [-0.1, -0.05) is 6.92 Å². The number of aromatic nitrogens is 4. The van der Waals surface area contributed by atoms with E-state index in [1.165, 1.54) is 0 Å². The van der Waals surface area contributed by atoms with Gasteiger partial charge >= 0.3 is 0 Å². The number of anilines is 1. The molecule has 0 spiro atoms. The van der Waals surface area contributed by atoms with Gasteiger partial charge in [0.2, 0.25) is 5.89 Å². The molecule has 0 bridgehead atoms. The second kappa shape index (κ2) is 4.87. The summed E-state index contributed by atoms with van der Waals surface area (Å²) in [6.45, 7) is 8.53. The van der Waals surface area contributed by atoms with E-state index in [-0.39, 0.29) is 0 Å². The Morgan fingerprint density at radius 3 is 2.67 bits per heavy atom. The van der Waals surface area contributed by atoms with Crippen molar-refractivity contribution in [2.75, 3.05) is 5.73 Å². The largest absolute Gasteiger partial charge is 0.444 e. The first-order valence-electron chi connectivity index (χ1n) is 7.04. The number of hydrogen-bond acceptors (Lipinski definition) is 5. The van der Waals surface area contributed by atoms with Crippen molar-refractivity contribution in [2.24, 2.45) is 0 Å². The van der Waals surface area contributed by atoms with Crippen molar-refractivity contribution >= 4 is 16.9 Å². The molecule has 21 heavy (non-hydrogen) atoms. The Morgan fingerprint density at radius 1 is 1.24 bits per heavy atom. The monoisotopic (exact) mass is 285 g/mol. The first-order chi connectivity index (χ1) is 10.0. The Bertz CT molecular complexity index is 815. The lowest BCUT2D eigenvalue weighted by Crippen LogP contribution is -2.05. The van der Waals surface area contributed by atoms with E-state index in [1.54, 1.807) is 6.20 Å². The van der Waals surface area contributed by atoms with Gasteiger partial charge in [-0.15, -0.1) is 0 Å². The molecule has 0 aliphatic carbocycles. The fourth-order valence-electron chi connectivity index (χ4n) is 2.59. The maximum Gasteiger partial charge on any atom is 0.214 e. The first kappa shape index (κ1) is 13.6. The second-order valence-electron chi connectivity index (χ2n) is 5.23. The van der Waals surface area contributed by atoms with Crippen LogP contribution in [-0.2, 0) is 13.0 Å². The number of nitrogens with zero attached hydrogens (tertiary/aromatic N) is 4. The van der Waals surface area contributed by atoms with E-state index in [0.717, 1.165) is 34.5 Å². The maximum atomic E-state index is 6.06. The Balaban J connectivity index is 2.15. The summed E-state index contributed by atoms with van der Waals surface area (Å²) in [4.78, 5) is 13.1. The van der Waals surface area contributed by atoms with Crippen LogP contribution in [0.5, 0.6) is 0 Å².